The molecule has 5 nitrogen and oxygen atoms in total. The van der Waals surface area contributed by atoms with Crippen LogP contribution in [0.25, 0.3) is 0 Å². The number of hydrogen-bond acceptors (Lipinski definition) is 6. The first-order valence-corrected chi connectivity index (χ1v) is 11.5. The number of nitrogens with zero attached hydrogens (tertiary/aromatic N) is 3. The Kier molecular flexibility index (Phi) is 6.13. The van der Waals surface area contributed by atoms with Crippen LogP contribution >= 0.6 is 11.9 Å². The highest BCUT2D eigenvalue weighted by Gasteiger charge is 2.50. The van der Waals surface area contributed by atoms with E-state index in [1.165, 1.54) is 12.1 Å². The molecule has 0 bridgehead atoms. The third-order valence-corrected chi connectivity index (χ3v) is 7.48. The number of ether oxygens (including phenoxy) is 1. The van der Waals surface area contributed by atoms with Gasteiger partial charge in [-0.3, -0.25) is 14.0 Å². The molecule has 154 valence electrons. The van der Waals surface area contributed by atoms with Gasteiger partial charge in [-0.25, -0.2) is 4.39 Å². The van der Waals surface area contributed by atoms with E-state index in [1.807, 2.05) is 12.1 Å². The third kappa shape index (κ3) is 4.31. The fourth-order valence-electron chi connectivity index (χ4n) is 4.71. The first-order chi connectivity index (χ1) is 13.6. The number of piperidine rings is 1. The van der Waals surface area contributed by atoms with Crippen molar-refractivity contribution in [2.45, 2.75) is 31.8 Å². The Balaban J connectivity index is 1.22. The molecule has 3 aliphatic rings. The zero-order chi connectivity index (χ0) is 19.6. The number of carbonyl (C=O) groups excluding carboxylic acids is 1. The van der Waals surface area contributed by atoms with Crippen molar-refractivity contribution in [2.24, 2.45) is 5.41 Å². The highest BCUT2D eigenvalue weighted by Crippen LogP contribution is 2.44. The van der Waals surface area contributed by atoms with Crippen LogP contribution < -0.4 is 4.90 Å². The number of rotatable bonds is 5. The van der Waals surface area contributed by atoms with E-state index in [-0.39, 0.29) is 23.3 Å². The molecule has 0 aromatic heterocycles. The Morgan fingerprint density at radius 1 is 1.11 bits per heavy atom. The largest absolute Gasteiger partial charge is 0.462 e. The lowest BCUT2D eigenvalue weighted by atomic mass is 9.76. The SMILES string of the molecule is CSN1CCC2(CC1)CC(CCN1CCN(c3ccc(F)cc3)CC1)OC2=O. The number of hydrogen-bond donors (Lipinski definition) is 0. The summed E-state index contributed by atoms with van der Waals surface area (Å²) >= 11 is 1.77. The number of piperazine rings is 1. The van der Waals surface area contributed by atoms with Gasteiger partial charge in [0.2, 0.25) is 0 Å². The Labute approximate surface area is 171 Å². The van der Waals surface area contributed by atoms with Gasteiger partial charge in [0.05, 0.1) is 5.41 Å². The molecule has 3 fully saturated rings. The molecule has 1 aromatic rings. The normalized spacial score (nSPS) is 26.0. The van der Waals surface area contributed by atoms with Gasteiger partial charge < -0.3 is 9.64 Å². The number of halogens is 1. The second kappa shape index (κ2) is 8.59. The van der Waals surface area contributed by atoms with Gasteiger partial charge in [0, 0.05) is 57.9 Å². The average molecular weight is 408 g/mol. The van der Waals surface area contributed by atoms with Gasteiger partial charge in [-0.1, -0.05) is 11.9 Å². The van der Waals surface area contributed by atoms with Crippen molar-refractivity contribution in [1.82, 2.24) is 9.21 Å². The zero-order valence-electron chi connectivity index (χ0n) is 16.6. The molecule has 1 unspecified atom stereocenters. The fraction of sp³-hybridized carbons (Fsp3) is 0.667. The molecule has 1 spiro atoms. The number of cyclic esters (lactones) is 1. The van der Waals surface area contributed by atoms with Crippen LogP contribution in [0, 0.1) is 11.2 Å². The van der Waals surface area contributed by atoms with Crippen LogP contribution in [-0.2, 0) is 9.53 Å². The molecule has 0 N–H and O–H groups in total. The van der Waals surface area contributed by atoms with E-state index in [0.717, 1.165) is 77.2 Å². The summed E-state index contributed by atoms with van der Waals surface area (Å²) in [7, 11) is 0. The molecule has 0 saturated carbocycles. The highest BCUT2D eigenvalue weighted by molar-refractivity contribution is 7.96. The molecule has 7 heteroatoms. The van der Waals surface area contributed by atoms with E-state index >= 15 is 0 Å². The monoisotopic (exact) mass is 407 g/mol. The second-order valence-electron chi connectivity index (χ2n) is 8.22. The predicted octanol–water partition coefficient (Wildman–Crippen LogP) is 3.01. The quantitative estimate of drug-likeness (QED) is 0.552. The molecule has 0 radical (unpaired) electrons. The maximum atomic E-state index is 13.1. The fourth-order valence-corrected chi connectivity index (χ4v) is 5.26. The zero-order valence-corrected chi connectivity index (χ0v) is 17.4. The maximum Gasteiger partial charge on any atom is 0.312 e. The Hall–Kier alpha value is -1.31. The van der Waals surface area contributed by atoms with Crippen LogP contribution in [-0.4, -0.2) is 73.3 Å². The summed E-state index contributed by atoms with van der Waals surface area (Å²) in [6, 6.07) is 6.75. The highest BCUT2D eigenvalue weighted by atomic mass is 32.2. The summed E-state index contributed by atoms with van der Waals surface area (Å²) in [5.41, 5.74) is 0.863. The molecule has 0 amide bonds. The van der Waals surface area contributed by atoms with Crippen molar-refractivity contribution in [3.05, 3.63) is 30.1 Å². The van der Waals surface area contributed by atoms with Crippen molar-refractivity contribution < 1.29 is 13.9 Å². The van der Waals surface area contributed by atoms with Crippen molar-refractivity contribution >= 4 is 23.6 Å². The van der Waals surface area contributed by atoms with Gasteiger partial charge in [0.15, 0.2) is 0 Å². The number of anilines is 1. The van der Waals surface area contributed by atoms with Crippen LogP contribution in [0.5, 0.6) is 0 Å². The minimum absolute atomic E-state index is 0.0411. The smallest absolute Gasteiger partial charge is 0.312 e. The number of carbonyl (C=O) groups is 1. The van der Waals surface area contributed by atoms with Gasteiger partial charge in [-0.2, -0.15) is 0 Å². The van der Waals surface area contributed by atoms with Crippen molar-refractivity contribution in [3.8, 4) is 0 Å². The molecule has 0 aliphatic carbocycles. The van der Waals surface area contributed by atoms with Crippen LogP contribution in [0.2, 0.25) is 0 Å². The number of esters is 1. The van der Waals surface area contributed by atoms with Crippen LogP contribution in [0.3, 0.4) is 0 Å². The lowest BCUT2D eigenvalue weighted by Gasteiger charge is -2.36. The Bertz CT molecular complexity index is 671. The Morgan fingerprint density at radius 3 is 2.43 bits per heavy atom. The average Bonchev–Trinajstić information content (AvgIpc) is 3.03. The first kappa shape index (κ1) is 20.0. The minimum atomic E-state index is -0.224. The van der Waals surface area contributed by atoms with E-state index in [1.54, 1.807) is 11.9 Å². The van der Waals surface area contributed by atoms with Crippen LogP contribution in [0.15, 0.2) is 24.3 Å². The first-order valence-electron chi connectivity index (χ1n) is 10.3. The Morgan fingerprint density at radius 2 is 1.79 bits per heavy atom. The van der Waals surface area contributed by atoms with Crippen molar-refractivity contribution in [2.75, 3.05) is 57.0 Å². The van der Waals surface area contributed by atoms with E-state index in [2.05, 4.69) is 20.4 Å². The summed E-state index contributed by atoms with van der Waals surface area (Å²) in [4.78, 5) is 17.3. The summed E-state index contributed by atoms with van der Waals surface area (Å²) in [6.07, 6.45) is 5.85. The molecule has 3 saturated heterocycles. The molecular formula is C21H30FN3O2S. The molecule has 3 heterocycles. The third-order valence-electron chi connectivity index (χ3n) is 6.59. The van der Waals surface area contributed by atoms with Gasteiger partial charge in [-0.05, 0) is 49.8 Å². The number of benzene rings is 1. The van der Waals surface area contributed by atoms with Gasteiger partial charge >= 0.3 is 5.97 Å². The maximum absolute atomic E-state index is 13.1. The van der Waals surface area contributed by atoms with E-state index in [0.29, 0.717) is 0 Å². The van der Waals surface area contributed by atoms with Gasteiger partial charge in [-0.15, -0.1) is 0 Å². The molecule has 28 heavy (non-hydrogen) atoms. The molecule has 4 rings (SSSR count). The van der Waals surface area contributed by atoms with E-state index in [9.17, 15) is 9.18 Å². The van der Waals surface area contributed by atoms with E-state index < -0.39 is 0 Å². The van der Waals surface area contributed by atoms with E-state index in [4.69, 9.17) is 4.74 Å². The summed E-state index contributed by atoms with van der Waals surface area (Å²) in [5.74, 6) is -0.148. The van der Waals surface area contributed by atoms with Crippen molar-refractivity contribution in [1.29, 1.82) is 0 Å². The molecular weight excluding hydrogens is 377 g/mol. The molecule has 1 aromatic carbocycles. The predicted molar refractivity (Wildman–Crippen MR) is 111 cm³/mol. The van der Waals surface area contributed by atoms with Crippen LogP contribution in [0.1, 0.15) is 25.7 Å². The second-order valence-corrected chi connectivity index (χ2v) is 9.10. The lowest BCUT2D eigenvalue weighted by molar-refractivity contribution is -0.150. The topological polar surface area (TPSA) is 36.0 Å². The lowest BCUT2D eigenvalue weighted by Crippen LogP contribution is -2.47. The van der Waals surface area contributed by atoms with Crippen LogP contribution in [0.4, 0.5) is 10.1 Å². The minimum Gasteiger partial charge on any atom is -0.462 e. The summed E-state index contributed by atoms with van der Waals surface area (Å²) < 4.78 is 21.2. The van der Waals surface area contributed by atoms with Gasteiger partial charge in [0.1, 0.15) is 11.9 Å². The molecule has 1 atom stereocenters. The molecule has 3 aliphatic heterocycles. The summed E-state index contributed by atoms with van der Waals surface area (Å²) in [5, 5.41) is 0. The standard InChI is InChI=1S/C21H30FN3O2S/c1-28-25-10-7-21(8-11-25)16-19(27-20(21)26)6-9-23-12-14-24(15-13-23)18-4-2-17(22)3-5-18/h2-5,19H,6-16H2,1H3. The summed E-state index contributed by atoms with van der Waals surface area (Å²) in [6.45, 7) is 6.82. The van der Waals surface area contributed by atoms with Gasteiger partial charge in [0.25, 0.3) is 0 Å². The van der Waals surface area contributed by atoms with Crippen molar-refractivity contribution in [3.63, 3.8) is 0 Å².